The van der Waals surface area contributed by atoms with Crippen LogP contribution in [0.3, 0.4) is 0 Å². The highest BCUT2D eigenvalue weighted by molar-refractivity contribution is 6.33. The molecule has 0 unspecified atom stereocenters. The monoisotopic (exact) mass is 404 g/mol. The minimum absolute atomic E-state index is 0.360. The van der Waals surface area contributed by atoms with Gasteiger partial charge in [-0.15, -0.1) is 10.2 Å². The Morgan fingerprint density at radius 3 is 2.76 bits per heavy atom. The third kappa shape index (κ3) is 3.07. The van der Waals surface area contributed by atoms with Crippen molar-refractivity contribution in [1.29, 1.82) is 0 Å². The van der Waals surface area contributed by atoms with Gasteiger partial charge in [0, 0.05) is 22.7 Å². The number of nitrogens with zero attached hydrogens (tertiary/aromatic N) is 3. The molecular weight excluding hydrogens is 391 g/mol. The largest absolute Gasteiger partial charge is 0.422 e. The van der Waals surface area contributed by atoms with Crippen LogP contribution in [-0.2, 0) is 0 Å². The number of aryl methyl sites for hydroxylation is 1. The van der Waals surface area contributed by atoms with Gasteiger partial charge in [-0.25, -0.2) is 4.39 Å². The average Bonchev–Trinajstić information content (AvgIpc) is 3.37. The summed E-state index contributed by atoms with van der Waals surface area (Å²) in [5.41, 5.74) is 5.56. The number of nitrogens with one attached hydrogen (secondary N) is 1. The number of hydrogen-bond acceptors (Lipinski definition) is 4. The minimum Gasteiger partial charge on any atom is -0.422 e. The Morgan fingerprint density at radius 1 is 1.10 bits per heavy atom. The van der Waals surface area contributed by atoms with Gasteiger partial charge >= 0.3 is 0 Å². The van der Waals surface area contributed by atoms with Crippen molar-refractivity contribution in [3.8, 4) is 34.0 Å². The Balaban J connectivity index is 1.57. The molecule has 0 saturated carbocycles. The van der Waals surface area contributed by atoms with Gasteiger partial charge in [0.1, 0.15) is 11.5 Å². The molecule has 0 aliphatic carbocycles. The molecule has 0 amide bonds. The molecule has 3 heterocycles. The second-order valence-corrected chi connectivity index (χ2v) is 7.12. The second kappa shape index (κ2) is 6.83. The molecule has 1 N–H and O–H groups in total. The zero-order chi connectivity index (χ0) is 20.0. The molecule has 0 atom stereocenters. The number of aromatic nitrogens is 4. The van der Waals surface area contributed by atoms with Gasteiger partial charge in [0.25, 0.3) is 5.89 Å². The molecule has 0 radical (unpaired) electrons. The molecule has 0 spiro atoms. The van der Waals surface area contributed by atoms with Crippen LogP contribution in [0.2, 0.25) is 5.02 Å². The van der Waals surface area contributed by atoms with Crippen molar-refractivity contribution >= 4 is 22.5 Å². The maximum Gasteiger partial charge on any atom is 0.266 e. The Labute approximate surface area is 170 Å². The van der Waals surface area contributed by atoms with E-state index in [1.807, 2.05) is 37.3 Å². The molecule has 0 aliphatic rings. The summed E-state index contributed by atoms with van der Waals surface area (Å²) in [5, 5.41) is 8.90. The van der Waals surface area contributed by atoms with E-state index >= 15 is 0 Å². The molecule has 0 aliphatic heterocycles. The maximum absolute atomic E-state index is 14.3. The number of hydrogen-bond donors (Lipinski definition) is 1. The fourth-order valence-electron chi connectivity index (χ4n) is 3.45. The van der Waals surface area contributed by atoms with E-state index in [1.54, 1.807) is 18.3 Å². The lowest BCUT2D eigenvalue weighted by Crippen LogP contribution is -1.90. The van der Waals surface area contributed by atoms with Gasteiger partial charge in [-0.2, -0.15) is 0 Å². The third-order valence-electron chi connectivity index (χ3n) is 4.85. The first kappa shape index (κ1) is 17.6. The van der Waals surface area contributed by atoms with Crippen LogP contribution in [0, 0.1) is 12.7 Å². The lowest BCUT2D eigenvalue weighted by molar-refractivity contribution is 0.566. The van der Waals surface area contributed by atoms with E-state index in [2.05, 4.69) is 20.2 Å². The highest BCUT2D eigenvalue weighted by Gasteiger charge is 2.14. The first-order valence-corrected chi connectivity index (χ1v) is 9.28. The van der Waals surface area contributed by atoms with Crippen LogP contribution in [0.5, 0.6) is 0 Å². The number of aromatic amines is 1. The third-order valence-corrected chi connectivity index (χ3v) is 5.17. The summed E-state index contributed by atoms with van der Waals surface area (Å²) in [7, 11) is 0. The quantitative estimate of drug-likeness (QED) is 0.397. The van der Waals surface area contributed by atoms with Crippen molar-refractivity contribution in [3.63, 3.8) is 0 Å². The normalized spacial score (nSPS) is 11.3. The van der Waals surface area contributed by atoms with E-state index in [0.29, 0.717) is 27.9 Å². The second-order valence-electron chi connectivity index (χ2n) is 6.71. The lowest BCUT2D eigenvalue weighted by Gasteiger charge is -2.07. The maximum atomic E-state index is 14.3. The molecular formula is C22H14ClFN4O. The van der Waals surface area contributed by atoms with Crippen LogP contribution in [0.15, 0.2) is 65.5 Å². The fourth-order valence-corrected chi connectivity index (χ4v) is 3.71. The molecule has 7 heteroatoms. The predicted molar refractivity (Wildman–Crippen MR) is 110 cm³/mol. The van der Waals surface area contributed by atoms with Gasteiger partial charge in [-0.1, -0.05) is 23.7 Å². The zero-order valence-electron chi connectivity index (χ0n) is 15.3. The summed E-state index contributed by atoms with van der Waals surface area (Å²) < 4.78 is 19.5. The molecule has 5 rings (SSSR count). The SMILES string of the molecule is Cc1cc(-c2nnco2)ncc1-c1ccc2[nH]c(-c3c(F)cccc3Cl)cc2c1. The number of halogens is 2. The van der Waals surface area contributed by atoms with Crippen LogP contribution in [0.1, 0.15) is 5.56 Å². The molecule has 5 aromatic rings. The van der Waals surface area contributed by atoms with Crippen molar-refractivity contribution in [2.24, 2.45) is 0 Å². The summed E-state index contributed by atoms with van der Waals surface area (Å²) in [6.45, 7) is 2.00. The average molecular weight is 405 g/mol. The molecule has 29 heavy (non-hydrogen) atoms. The summed E-state index contributed by atoms with van der Waals surface area (Å²) >= 11 is 6.21. The summed E-state index contributed by atoms with van der Waals surface area (Å²) in [6, 6.07) is 14.5. The smallest absolute Gasteiger partial charge is 0.266 e. The summed E-state index contributed by atoms with van der Waals surface area (Å²) in [5.74, 6) is 0.0214. The van der Waals surface area contributed by atoms with Crippen LogP contribution >= 0.6 is 11.6 Å². The van der Waals surface area contributed by atoms with E-state index < -0.39 is 0 Å². The van der Waals surface area contributed by atoms with Gasteiger partial charge in [0.2, 0.25) is 6.39 Å². The van der Waals surface area contributed by atoms with E-state index in [-0.39, 0.29) is 5.82 Å². The summed E-state index contributed by atoms with van der Waals surface area (Å²) in [4.78, 5) is 7.69. The molecule has 0 fully saturated rings. The molecule has 0 saturated heterocycles. The highest BCUT2D eigenvalue weighted by Crippen LogP contribution is 2.34. The van der Waals surface area contributed by atoms with E-state index in [1.165, 1.54) is 12.5 Å². The van der Waals surface area contributed by atoms with E-state index in [0.717, 1.165) is 27.6 Å². The fraction of sp³-hybridized carbons (Fsp3) is 0.0455. The number of H-pyrrole nitrogens is 1. The van der Waals surface area contributed by atoms with Crippen LogP contribution in [-0.4, -0.2) is 20.2 Å². The first-order valence-electron chi connectivity index (χ1n) is 8.91. The van der Waals surface area contributed by atoms with Crippen LogP contribution < -0.4 is 0 Å². The Bertz CT molecular complexity index is 1320. The van der Waals surface area contributed by atoms with Gasteiger partial charge < -0.3 is 9.40 Å². The van der Waals surface area contributed by atoms with E-state index in [9.17, 15) is 4.39 Å². The van der Waals surface area contributed by atoms with Crippen molar-refractivity contribution in [1.82, 2.24) is 20.2 Å². The van der Waals surface area contributed by atoms with Crippen molar-refractivity contribution in [2.45, 2.75) is 6.92 Å². The number of fused-ring (bicyclic) bond motifs is 1. The zero-order valence-corrected chi connectivity index (χ0v) is 16.0. The predicted octanol–water partition coefficient (Wildman–Crippen LogP) is 6.05. The topological polar surface area (TPSA) is 67.6 Å². The van der Waals surface area contributed by atoms with Crippen molar-refractivity contribution in [3.05, 3.63) is 77.5 Å². The number of benzene rings is 2. The molecule has 3 aromatic heterocycles. The Kier molecular flexibility index (Phi) is 4.14. The van der Waals surface area contributed by atoms with E-state index in [4.69, 9.17) is 16.0 Å². The van der Waals surface area contributed by atoms with Crippen molar-refractivity contribution < 1.29 is 8.81 Å². The number of rotatable bonds is 3. The van der Waals surface area contributed by atoms with Crippen molar-refractivity contribution in [2.75, 3.05) is 0 Å². The van der Waals surface area contributed by atoms with Gasteiger partial charge in [-0.05, 0) is 54.4 Å². The first-order chi connectivity index (χ1) is 14.1. The molecule has 5 nitrogen and oxygen atoms in total. The minimum atomic E-state index is -0.360. The standard InChI is InChI=1S/C22H14ClFN4O/c1-12-7-20(22-28-26-11-29-22)25-10-15(12)13-5-6-18-14(8-13)9-19(27-18)21-16(23)3-2-4-17(21)24/h2-11,27H,1H3. The molecule has 142 valence electrons. The highest BCUT2D eigenvalue weighted by atomic mass is 35.5. The van der Waals surface area contributed by atoms with Gasteiger partial charge in [0.15, 0.2) is 0 Å². The van der Waals surface area contributed by atoms with Crippen LogP contribution in [0.4, 0.5) is 4.39 Å². The van der Waals surface area contributed by atoms with Crippen LogP contribution in [0.25, 0.3) is 44.9 Å². The Morgan fingerprint density at radius 2 is 2.00 bits per heavy atom. The Hall–Kier alpha value is -3.51. The van der Waals surface area contributed by atoms with Gasteiger partial charge in [0.05, 0.1) is 16.3 Å². The summed E-state index contributed by atoms with van der Waals surface area (Å²) in [6.07, 6.45) is 3.07. The lowest BCUT2D eigenvalue weighted by atomic mass is 10.0. The number of pyridine rings is 1. The van der Waals surface area contributed by atoms with Gasteiger partial charge in [-0.3, -0.25) is 4.98 Å². The molecule has 2 aromatic carbocycles. The molecule has 0 bridgehead atoms.